The largest absolute Gasteiger partial charge is 0.475 e. The topological polar surface area (TPSA) is 119 Å². The van der Waals surface area contributed by atoms with Gasteiger partial charge in [-0.3, -0.25) is 4.79 Å². The highest BCUT2D eigenvalue weighted by Crippen LogP contribution is 1.89. The normalized spacial score (nSPS) is 9.33. The van der Waals surface area contributed by atoms with Crippen LogP contribution < -0.4 is 5.73 Å². The molecule has 0 aromatic carbocycles. The first-order valence-electron chi connectivity index (χ1n) is 2.83. The summed E-state index contributed by atoms with van der Waals surface area (Å²) in [6, 6.07) is 0. The van der Waals surface area contributed by atoms with Gasteiger partial charge in [0, 0.05) is 0 Å². The summed E-state index contributed by atoms with van der Waals surface area (Å²) in [7, 11) is 0. The van der Waals surface area contributed by atoms with Gasteiger partial charge in [0.25, 0.3) is 5.91 Å². The summed E-state index contributed by atoms with van der Waals surface area (Å²) in [4.78, 5) is 30.7. The molecule has 1 amide bonds. The highest BCUT2D eigenvalue weighted by molar-refractivity contribution is 5.90. The van der Waals surface area contributed by atoms with Crippen LogP contribution in [0.2, 0.25) is 0 Å². The molecule has 1 aromatic rings. The lowest BCUT2D eigenvalue weighted by Crippen LogP contribution is -2.18. The van der Waals surface area contributed by atoms with Crippen molar-refractivity contribution in [2.45, 2.75) is 0 Å². The zero-order valence-electron chi connectivity index (χ0n) is 5.76. The number of carbonyl (C=O) groups is 2. The van der Waals surface area contributed by atoms with Crippen molar-refractivity contribution < 1.29 is 14.7 Å². The van der Waals surface area contributed by atoms with Crippen LogP contribution in [0.4, 0.5) is 0 Å². The van der Waals surface area contributed by atoms with Gasteiger partial charge < -0.3 is 10.8 Å². The van der Waals surface area contributed by atoms with E-state index in [0.717, 1.165) is 6.33 Å². The second-order valence-corrected chi connectivity index (χ2v) is 1.80. The van der Waals surface area contributed by atoms with Crippen LogP contribution in [-0.4, -0.2) is 31.9 Å². The molecule has 7 nitrogen and oxygen atoms in total. The molecule has 0 saturated heterocycles. The third kappa shape index (κ3) is 1.51. The van der Waals surface area contributed by atoms with Crippen LogP contribution >= 0.6 is 0 Å². The minimum atomic E-state index is -1.33. The molecular formula is C5H4N4O3. The molecule has 0 spiro atoms. The fourth-order valence-electron chi connectivity index (χ4n) is 0.518. The summed E-state index contributed by atoms with van der Waals surface area (Å²) in [6.07, 6.45) is 0.913. The van der Waals surface area contributed by atoms with Gasteiger partial charge in [0.2, 0.25) is 11.6 Å². The van der Waals surface area contributed by atoms with Crippen molar-refractivity contribution in [3.8, 4) is 0 Å². The Morgan fingerprint density at radius 2 is 1.92 bits per heavy atom. The van der Waals surface area contributed by atoms with E-state index in [1.54, 1.807) is 0 Å². The molecule has 0 saturated carbocycles. The average Bonchev–Trinajstić information content (AvgIpc) is 2.04. The molecular weight excluding hydrogens is 164 g/mol. The van der Waals surface area contributed by atoms with Crippen molar-refractivity contribution in [1.82, 2.24) is 15.0 Å². The first-order valence-corrected chi connectivity index (χ1v) is 2.83. The number of carboxylic acids is 1. The Morgan fingerprint density at radius 1 is 1.33 bits per heavy atom. The van der Waals surface area contributed by atoms with Gasteiger partial charge in [-0.05, 0) is 0 Å². The molecule has 0 unspecified atom stereocenters. The van der Waals surface area contributed by atoms with Gasteiger partial charge in [0.15, 0.2) is 0 Å². The van der Waals surface area contributed by atoms with Crippen LogP contribution in [0.15, 0.2) is 6.33 Å². The molecule has 1 heterocycles. The number of aromatic nitrogens is 3. The number of amides is 1. The molecule has 0 aliphatic carbocycles. The lowest BCUT2D eigenvalue weighted by atomic mass is 10.5. The monoisotopic (exact) mass is 168 g/mol. The van der Waals surface area contributed by atoms with Gasteiger partial charge in [-0.25, -0.2) is 14.8 Å². The molecule has 0 aliphatic heterocycles. The summed E-state index contributed by atoms with van der Waals surface area (Å²) in [5, 5.41) is 8.39. The standard InChI is InChI=1S/C5H4N4O3/c6-2(10)3-7-1-8-4(9-3)5(11)12/h1H,(H2,6,10)(H,11,12). The molecule has 0 aliphatic rings. The highest BCUT2D eigenvalue weighted by Gasteiger charge is 2.10. The first-order chi connectivity index (χ1) is 5.61. The Kier molecular flexibility index (Phi) is 1.95. The van der Waals surface area contributed by atoms with Crippen LogP contribution in [0.5, 0.6) is 0 Å². The third-order valence-corrected chi connectivity index (χ3v) is 0.984. The SMILES string of the molecule is NC(=O)c1ncnc(C(=O)O)n1. The summed E-state index contributed by atoms with van der Waals surface area (Å²) < 4.78 is 0. The fourth-order valence-corrected chi connectivity index (χ4v) is 0.518. The lowest BCUT2D eigenvalue weighted by Gasteiger charge is -1.93. The van der Waals surface area contributed by atoms with Crippen LogP contribution in [-0.2, 0) is 0 Å². The lowest BCUT2D eigenvalue weighted by molar-refractivity contribution is 0.0683. The number of hydrogen-bond acceptors (Lipinski definition) is 5. The predicted molar refractivity (Wildman–Crippen MR) is 35.3 cm³/mol. The average molecular weight is 168 g/mol. The molecule has 0 radical (unpaired) electrons. The number of hydrogen-bond donors (Lipinski definition) is 2. The molecule has 1 aromatic heterocycles. The number of nitrogens with two attached hydrogens (primary N) is 1. The Balaban J connectivity index is 3.12. The number of rotatable bonds is 2. The van der Waals surface area contributed by atoms with Gasteiger partial charge in [0.05, 0.1) is 0 Å². The Hall–Kier alpha value is -2.05. The van der Waals surface area contributed by atoms with Crippen molar-refractivity contribution >= 4 is 11.9 Å². The molecule has 3 N–H and O–H groups in total. The maximum absolute atomic E-state index is 10.5. The Morgan fingerprint density at radius 3 is 2.42 bits per heavy atom. The van der Waals surface area contributed by atoms with Gasteiger partial charge in [0.1, 0.15) is 6.33 Å². The molecule has 0 bridgehead atoms. The van der Waals surface area contributed by atoms with Crippen molar-refractivity contribution in [3.05, 3.63) is 18.0 Å². The maximum Gasteiger partial charge on any atom is 0.374 e. The third-order valence-electron chi connectivity index (χ3n) is 0.984. The number of nitrogens with zero attached hydrogens (tertiary/aromatic N) is 3. The van der Waals surface area contributed by atoms with E-state index < -0.39 is 17.7 Å². The van der Waals surface area contributed by atoms with E-state index in [2.05, 4.69) is 15.0 Å². The molecule has 7 heteroatoms. The van der Waals surface area contributed by atoms with Crippen molar-refractivity contribution in [2.24, 2.45) is 5.73 Å². The van der Waals surface area contributed by atoms with E-state index >= 15 is 0 Å². The molecule has 62 valence electrons. The van der Waals surface area contributed by atoms with Crippen molar-refractivity contribution in [2.75, 3.05) is 0 Å². The van der Waals surface area contributed by atoms with Crippen LogP contribution in [0.25, 0.3) is 0 Å². The van der Waals surface area contributed by atoms with Crippen molar-refractivity contribution in [3.63, 3.8) is 0 Å². The smallest absolute Gasteiger partial charge is 0.374 e. The Bertz CT molecular complexity index is 308. The number of carbonyl (C=O) groups excluding carboxylic acids is 1. The number of carboxylic acid groups (broad SMARTS) is 1. The minimum Gasteiger partial charge on any atom is -0.475 e. The predicted octanol–water partition coefficient (Wildman–Crippen LogP) is -1.33. The number of primary amides is 1. The molecule has 1 rings (SSSR count). The molecule has 0 atom stereocenters. The zero-order valence-corrected chi connectivity index (χ0v) is 5.76. The summed E-state index contributed by atoms with van der Waals surface area (Å²) in [5.41, 5.74) is 4.80. The van der Waals surface area contributed by atoms with E-state index in [1.807, 2.05) is 0 Å². The number of aromatic carboxylic acids is 1. The molecule has 12 heavy (non-hydrogen) atoms. The molecule has 0 fully saturated rings. The summed E-state index contributed by atoms with van der Waals surface area (Å²) in [5.74, 6) is -3.08. The van der Waals surface area contributed by atoms with Gasteiger partial charge in [-0.15, -0.1) is 0 Å². The van der Waals surface area contributed by atoms with E-state index in [4.69, 9.17) is 10.8 Å². The maximum atomic E-state index is 10.5. The second-order valence-electron chi connectivity index (χ2n) is 1.80. The Labute approximate surface area is 66.3 Å². The van der Waals surface area contributed by atoms with Crippen LogP contribution in [0, 0.1) is 0 Å². The summed E-state index contributed by atoms with van der Waals surface area (Å²) in [6.45, 7) is 0. The van der Waals surface area contributed by atoms with E-state index in [-0.39, 0.29) is 5.82 Å². The first kappa shape index (κ1) is 8.05. The van der Waals surface area contributed by atoms with Gasteiger partial charge in [-0.2, -0.15) is 4.98 Å². The highest BCUT2D eigenvalue weighted by atomic mass is 16.4. The van der Waals surface area contributed by atoms with Crippen LogP contribution in [0.1, 0.15) is 21.2 Å². The van der Waals surface area contributed by atoms with Gasteiger partial charge >= 0.3 is 5.97 Å². The van der Waals surface area contributed by atoms with E-state index in [1.165, 1.54) is 0 Å². The zero-order chi connectivity index (χ0) is 9.14. The van der Waals surface area contributed by atoms with Gasteiger partial charge in [-0.1, -0.05) is 0 Å². The second kappa shape index (κ2) is 2.91. The van der Waals surface area contributed by atoms with Crippen molar-refractivity contribution in [1.29, 1.82) is 0 Å². The fraction of sp³-hybridized carbons (Fsp3) is 0. The minimum absolute atomic E-state index is 0.359. The quantitative estimate of drug-likeness (QED) is 0.564. The van der Waals surface area contributed by atoms with Crippen LogP contribution in [0.3, 0.4) is 0 Å². The van der Waals surface area contributed by atoms with E-state index in [0.29, 0.717) is 0 Å². The van der Waals surface area contributed by atoms with E-state index in [9.17, 15) is 9.59 Å². The summed E-state index contributed by atoms with van der Waals surface area (Å²) >= 11 is 0.